The highest BCUT2D eigenvalue weighted by atomic mass is 16.2. The Morgan fingerprint density at radius 3 is 2.57 bits per heavy atom. The standard InChI is InChI=1S/C23H29N3O2/c1-16-14-17(2)25-22(15-16)19-7-9-20(10-8-19)23(28)26-13-5-4-6-21(26)11-12-24-18(3)27/h7-10,14-15,21H,4-6,11-13H2,1-3H3,(H,24,27)/t21-/m1/s1. The van der Waals surface area contributed by atoms with Crippen molar-refractivity contribution in [1.82, 2.24) is 15.2 Å². The third-order valence-corrected chi connectivity index (χ3v) is 5.26. The van der Waals surface area contributed by atoms with Crippen LogP contribution in [0.3, 0.4) is 0 Å². The Bertz CT molecular complexity index is 825. The normalized spacial score (nSPS) is 16.7. The molecule has 0 bridgehead atoms. The molecule has 148 valence electrons. The molecule has 1 atom stereocenters. The maximum absolute atomic E-state index is 13.1. The van der Waals surface area contributed by atoms with Gasteiger partial charge in [0.1, 0.15) is 0 Å². The van der Waals surface area contributed by atoms with Gasteiger partial charge in [0, 0.05) is 42.9 Å². The number of carbonyl (C=O) groups excluding carboxylic acids is 2. The predicted octanol–water partition coefficient (Wildman–Crippen LogP) is 3.89. The molecular weight excluding hydrogens is 350 g/mol. The van der Waals surface area contributed by atoms with E-state index in [0.29, 0.717) is 12.1 Å². The lowest BCUT2D eigenvalue weighted by Crippen LogP contribution is -2.45. The second-order valence-electron chi connectivity index (χ2n) is 7.67. The fraction of sp³-hybridized carbons (Fsp3) is 0.435. The fourth-order valence-corrected chi connectivity index (χ4v) is 3.92. The molecule has 5 heteroatoms. The number of nitrogens with zero attached hydrogens (tertiary/aromatic N) is 2. The molecule has 28 heavy (non-hydrogen) atoms. The first kappa shape index (κ1) is 20.1. The number of hydrogen-bond acceptors (Lipinski definition) is 3. The van der Waals surface area contributed by atoms with Gasteiger partial charge in [-0.25, -0.2) is 0 Å². The lowest BCUT2D eigenvalue weighted by atomic mass is 9.97. The van der Waals surface area contributed by atoms with Gasteiger partial charge in [0.15, 0.2) is 0 Å². The molecule has 1 aliphatic heterocycles. The van der Waals surface area contributed by atoms with Crippen LogP contribution in [0.2, 0.25) is 0 Å². The lowest BCUT2D eigenvalue weighted by molar-refractivity contribution is -0.119. The van der Waals surface area contributed by atoms with Crippen molar-refractivity contribution >= 4 is 11.8 Å². The number of nitrogens with one attached hydrogen (secondary N) is 1. The Labute approximate surface area is 167 Å². The fourth-order valence-electron chi connectivity index (χ4n) is 3.92. The average molecular weight is 380 g/mol. The van der Waals surface area contributed by atoms with Crippen LogP contribution in [0, 0.1) is 13.8 Å². The third-order valence-electron chi connectivity index (χ3n) is 5.26. The summed E-state index contributed by atoms with van der Waals surface area (Å²) in [6.45, 7) is 6.97. The molecule has 0 spiro atoms. The first-order valence-corrected chi connectivity index (χ1v) is 10.0. The van der Waals surface area contributed by atoms with Gasteiger partial charge in [0.2, 0.25) is 5.91 Å². The van der Waals surface area contributed by atoms with Crippen molar-refractivity contribution in [2.45, 2.75) is 52.5 Å². The van der Waals surface area contributed by atoms with Crippen LogP contribution < -0.4 is 5.32 Å². The van der Waals surface area contributed by atoms with E-state index in [1.807, 2.05) is 36.1 Å². The molecule has 1 saturated heterocycles. The molecule has 3 rings (SSSR count). The van der Waals surface area contributed by atoms with Crippen molar-refractivity contribution < 1.29 is 9.59 Å². The summed E-state index contributed by atoms with van der Waals surface area (Å²) in [5.41, 5.74) is 4.83. The number of rotatable bonds is 5. The van der Waals surface area contributed by atoms with Crippen LogP contribution in [-0.2, 0) is 4.79 Å². The Morgan fingerprint density at radius 1 is 1.14 bits per heavy atom. The summed E-state index contributed by atoms with van der Waals surface area (Å²) >= 11 is 0. The second kappa shape index (κ2) is 9.00. The molecule has 1 N–H and O–H groups in total. The molecule has 0 unspecified atom stereocenters. The van der Waals surface area contributed by atoms with E-state index in [0.717, 1.165) is 49.2 Å². The van der Waals surface area contributed by atoms with Crippen LogP contribution in [0.1, 0.15) is 54.2 Å². The molecule has 2 aromatic rings. The van der Waals surface area contributed by atoms with Gasteiger partial charge < -0.3 is 10.2 Å². The van der Waals surface area contributed by atoms with Crippen LogP contribution in [0.4, 0.5) is 0 Å². The number of amides is 2. The van der Waals surface area contributed by atoms with Gasteiger partial charge in [0.25, 0.3) is 5.91 Å². The van der Waals surface area contributed by atoms with Gasteiger partial charge in [-0.1, -0.05) is 12.1 Å². The van der Waals surface area contributed by atoms with Crippen LogP contribution in [-0.4, -0.2) is 40.8 Å². The Morgan fingerprint density at radius 2 is 1.89 bits per heavy atom. The van der Waals surface area contributed by atoms with Gasteiger partial charge >= 0.3 is 0 Å². The number of likely N-dealkylation sites (tertiary alicyclic amines) is 1. The zero-order valence-corrected chi connectivity index (χ0v) is 17.0. The predicted molar refractivity (Wildman–Crippen MR) is 111 cm³/mol. The van der Waals surface area contributed by atoms with Crippen LogP contribution in [0.25, 0.3) is 11.3 Å². The van der Waals surface area contributed by atoms with Crippen molar-refractivity contribution in [2.75, 3.05) is 13.1 Å². The van der Waals surface area contributed by atoms with Crippen molar-refractivity contribution in [3.8, 4) is 11.3 Å². The first-order chi connectivity index (χ1) is 13.4. The smallest absolute Gasteiger partial charge is 0.254 e. The van der Waals surface area contributed by atoms with E-state index < -0.39 is 0 Å². The third kappa shape index (κ3) is 4.97. The average Bonchev–Trinajstić information content (AvgIpc) is 2.67. The van der Waals surface area contributed by atoms with E-state index in [1.54, 1.807) is 0 Å². The van der Waals surface area contributed by atoms with Gasteiger partial charge in [-0.3, -0.25) is 14.6 Å². The van der Waals surface area contributed by atoms with E-state index in [-0.39, 0.29) is 17.9 Å². The maximum atomic E-state index is 13.1. The molecule has 1 aromatic heterocycles. The number of piperidine rings is 1. The maximum Gasteiger partial charge on any atom is 0.254 e. The molecule has 1 aromatic carbocycles. The van der Waals surface area contributed by atoms with Gasteiger partial charge in [-0.2, -0.15) is 0 Å². The number of aromatic nitrogens is 1. The summed E-state index contributed by atoms with van der Waals surface area (Å²) in [5.74, 6) is 0.0525. The topological polar surface area (TPSA) is 62.3 Å². The number of pyridine rings is 1. The Kier molecular flexibility index (Phi) is 6.45. The van der Waals surface area contributed by atoms with Crippen molar-refractivity contribution in [2.24, 2.45) is 0 Å². The highest BCUT2D eigenvalue weighted by molar-refractivity contribution is 5.95. The minimum absolute atomic E-state index is 0.0238. The quantitative estimate of drug-likeness (QED) is 0.857. The summed E-state index contributed by atoms with van der Waals surface area (Å²) in [4.78, 5) is 30.8. The summed E-state index contributed by atoms with van der Waals surface area (Å²) in [6.07, 6.45) is 3.96. The molecule has 5 nitrogen and oxygen atoms in total. The van der Waals surface area contributed by atoms with Crippen LogP contribution >= 0.6 is 0 Å². The molecule has 1 fully saturated rings. The number of carbonyl (C=O) groups is 2. The summed E-state index contributed by atoms with van der Waals surface area (Å²) in [5, 5.41) is 2.84. The summed E-state index contributed by atoms with van der Waals surface area (Å²) < 4.78 is 0. The SMILES string of the molecule is CC(=O)NCC[C@H]1CCCCN1C(=O)c1ccc(-c2cc(C)cc(C)n2)cc1. The number of aryl methyl sites for hydroxylation is 2. The van der Waals surface area contributed by atoms with E-state index in [4.69, 9.17) is 0 Å². The number of benzene rings is 1. The molecular formula is C23H29N3O2. The van der Waals surface area contributed by atoms with Gasteiger partial charge in [-0.15, -0.1) is 0 Å². The monoisotopic (exact) mass is 379 g/mol. The molecule has 2 amide bonds. The van der Waals surface area contributed by atoms with Crippen LogP contribution in [0.15, 0.2) is 36.4 Å². The van der Waals surface area contributed by atoms with E-state index >= 15 is 0 Å². The zero-order chi connectivity index (χ0) is 20.1. The number of hydrogen-bond donors (Lipinski definition) is 1. The van der Waals surface area contributed by atoms with Crippen molar-refractivity contribution in [1.29, 1.82) is 0 Å². The molecule has 0 radical (unpaired) electrons. The second-order valence-corrected chi connectivity index (χ2v) is 7.67. The van der Waals surface area contributed by atoms with Gasteiger partial charge in [-0.05, 0) is 69.4 Å². The molecule has 0 saturated carbocycles. The summed E-state index contributed by atoms with van der Waals surface area (Å²) in [6, 6.07) is 12.1. The lowest BCUT2D eigenvalue weighted by Gasteiger charge is -2.36. The van der Waals surface area contributed by atoms with E-state index in [1.165, 1.54) is 12.5 Å². The molecule has 0 aliphatic carbocycles. The van der Waals surface area contributed by atoms with Crippen LogP contribution in [0.5, 0.6) is 0 Å². The minimum atomic E-state index is -0.0238. The Hall–Kier alpha value is -2.69. The highest BCUT2D eigenvalue weighted by Crippen LogP contribution is 2.24. The molecule has 2 heterocycles. The van der Waals surface area contributed by atoms with Gasteiger partial charge in [0.05, 0.1) is 5.69 Å². The van der Waals surface area contributed by atoms with Crippen molar-refractivity contribution in [3.63, 3.8) is 0 Å². The highest BCUT2D eigenvalue weighted by Gasteiger charge is 2.27. The largest absolute Gasteiger partial charge is 0.356 e. The molecule has 1 aliphatic rings. The minimum Gasteiger partial charge on any atom is -0.356 e. The Balaban J connectivity index is 1.72. The van der Waals surface area contributed by atoms with E-state index in [2.05, 4.69) is 29.4 Å². The van der Waals surface area contributed by atoms with E-state index in [9.17, 15) is 9.59 Å². The first-order valence-electron chi connectivity index (χ1n) is 10.0. The summed E-state index contributed by atoms with van der Waals surface area (Å²) in [7, 11) is 0. The zero-order valence-electron chi connectivity index (χ0n) is 17.0. The van der Waals surface area contributed by atoms with Crippen molar-refractivity contribution in [3.05, 3.63) is 53.2 Å².